The van der Waals surface area contributed by atoms with Gasteiger partial charge in [0.1, 0.15) is 23.1 Å². The highest BCUT2D eigenvalue weighted by Crippen LogP contribution is 2.47. The summed E-state index contributed by atoms with van der Waals surface area (Å²) in [5.41, 5.74) is 1.30. The number of hydrogen-bond acceptors (Lipinski definition) is 5. The Hall–Kier alpha value is -3.13. The smallest absolute Gasteiger partial charge is 0.308 e. The molecule has 4 rings (SSSR count). The van der Waals surface area contributed by atoms with Crippen LogP contribution in [0.3, 0.4) is 0 Å². The molecular weight excluding hydrogens is 395 g/mol. The first-order valence-electron chi connectivity index (χ1n) is 8.94. The van der Waals surface area contributed by atoms with E-state index in [9.17, 15) is 14.0 Å². The summed E-state index contributed by atoms with van der Waals surface area (Å²) >= 11 is 1.10. The molecule has 0 unspecified atom stereocenters. The maximum absolute atomic E-state index is 13.4. The molecule has 6 nitrogen and oxygen atoms in total. The Labute approximate surface area is 170 Å². The molecule has 3 aromatic rings. The molecule has 0 radical (unpaired) electrons. The lowest BCUT2D eigenvalue weighted by Gasteiger charge is -2.32. The largest absolute Gasteiger partial charge is 0.497 e. The molecule has 2 heterocycles. The summed E-state index contributed by atoms with van der Waals surface area (Å²) < 4.78 is 25.7. The van der Waals surface area contributed by atoms with Crippen LogP contribution >= 0.6 is 11.3 Å². The molecule has 0 N–H and O–H groups in total. The third-order valence-corrected chi connectivity index (χ3v) is 6.20. The molecule has 0 fully saturated rings. The van der Waals surface area contributed by atoms with Crippen LogP contribution in [0, 0.1) is 5.82 Å². The Morgan fingerprint density at radius 2 is 1.79 bits per heavy atom. The van der Waals surface area contributed by atoms with Crippen molar-refractivity contribution >= 4 is 28.7 Å². The fourth-order valence-corrected chi connectivity index (χ4v) is 4.73. The number of ether oxygens (including phenoxy) is 2. The minimum Gasteiger partial charge on any atom is -0.497 e. The fourth-order valence-electron chi connectivity index (χ4n) is 3.64. The van der Waals surface area contributed by atoms with Crippen LogP contribution in [0.2, 0.25) is 0 Å². The van der Waals surface area contributed by atoms with E-state index in [-0.39, 0.29) is 23.1 Å². The number of anilines is 2. The standard InChI is InChI=1S/C21H19FN2O4S/c1-23-20-19(29-21(23)26)16(15-10-14(27-2)8-9-17(15)28-3)11-18(25)24(20)13-6-4-12(22)5-7-13/h4-10,16H,11H2,1-3H3/t16-/m1/s1. The maximum atomic E-state index is 13.4. The highest BCUT2D eigenvalue weighted by molar-refractivity contribution is 7.10. The molecule has 0 saturated heterocycles. The van der Waals surface area contributed by atoms with Crippen molar-refractivity contribution < 1.29 is 18.7 Å². The molecule has 1 aromatic heterocycles. The molecule has 150 valence electrons. The Morgan fingerprint density at radius 1 is 1.07 bits per heavy atom. The summed E-state index contributed by atoms with van der Waals surface area (Å²) in [6.45, 7) is 0. The second-order valence-corrected chi connectivity index (χ2v) is 7.68. The quantitative estimate of drug-likeness (QED) is 0.652. The third kappa shape index (κ3) is 3.19. The van der Waals surface area contributed by atoms with Crippen LogP contribution < -0.4 is 19.2 Å². The number of hydrogen-bond donors (Lipinski definition) is 0. The second-order valence-electron chi connectivity index (χ2n) is 6.69. The molecule has 0 saturated carbocycles. The monoisotopic (exact) mass is 414 g/mol. The molecule has 0 aliphatic carbocycles. The lowest BCUT2D eigenvalue weighted by Crippen LogP contribution is -2.34. The van der Waals surface area contributed by atoms with Crippen LogP contribution in [-0.4, -0.2) is 24.7 Å². The van der Waals surface area contributed by atoms with Gasteiger partial charge in [-0.25, -0.2) is 4.39 Å². The van der Waals surface area contributed by atoms with E-state index in [1.807, 2.05) is 6.07 Å². The van der Waals surface area contributed by atoms with E-state index in [1.165, 1.54) is 33.7 Å². The van der Waals surface area contributed by atoms with Crippen LogP contribution in [0.4, 0.5) is 15.9 Å². The van der Waals surface area contributed by atoms with Gasteiger partial charge in [-0.2, -0.15) is 0 Å². The van der Waals surface area contributed by atoms with Crippen LogP contribution in [0.15, 0.2) is 47.3 Å². The summed E-state index contributed by atoms with van der Waals surface area (Å²) in [6.07, 6.45) is 0.147. The number of carbonyl (C=O) groups excluding carboxylic acids is 1. The van der Waals surface area contributed by atoms with Gasteiger partial charge in [-0.05, 0) is 42.5 Å². The molecule has 1 aliphatic rings. The van der Waals surface area contributed by atoms with Crippen LogP contribution in [0.5, 0.6) is 11.5 Å². The van der Waals surface area contributed by atoms with Gasteiger partial charge in [0.2, 0.25) is 5.91 Å². The predicted octanol–water partition coefficient (Wildman–Crippen LogP) is 3.80. The molecule has 8 heteroatoms. The predicted molar refractivity (Wildman–Crippen MR) is 109 cm³/mol. The van der Waals surface area contributed by atoms with Crippen LogP contribution in [0.25, 0.3) is 0 Å². The van der Waals surface area contributed by atoms with Crippen LogP contribution in [0.1, 0.15) is 22.8 Å². The van der Waals surface area contributed by atoms with E-state index in [2.05, 4.69) is 0 Å². The first-order valence-corrected chi connectivity index (χ1v) is 9.76. The number of benzene rings is 2. The number of carbonyl (C=O) groups is 1. The van der Waals surface area contributed by atoms with Crippen molar-refractivity contribution in [1.29, 1.82) is 0 Å². The normalized spacial score (nSPS) is 15.9. The lowest BCUT2D eigenvalue weighted by molar-refractivity contribution is -0.118. The summed E-state index contributed by atoms with van der Waals surface area (Å²) in [7, 11) is 4.77. The summed E-state index contributed by atoms with van der Waals surface area (Å²) in [6, 6.07) is 11.1. The van der Waals surface area contributed by atoms with Gasteiger partial charge < -0.3 is 9.47 Å². The van der Waals surface area contributed by atoms with E-state index in [0.29, 0.717) is 23.0 Å². The number of nitrogens with zero attached hydrogens (tertiary/aromatic N) is 2. The number of amides is 1. The molecule has 0 spiro atoms. The average Bonchev–Trinajstić information content (AvgIpc) is 3.02. The van der Waals surface area contributed by atoms with Gasteiger partial charge in [0.25, 0.3) is 0 Å². The second kappa shape index (κ2) is 7.36. The third-order valence-electron chi connectivity index (χ3n) is 5.06. The minimum atomic E-state index is -0.392. The van der Waals surface area contributed by atoms with Gasteiger partial charge in [0, 0.05) is 24.9 Å². The first-order chi connectivity index (χ1) is 13.9. The highest BCUT2D eigenvalue weighted by Gasteiger charge is 2.38. The van der Waals surface area contributed by atoms with E-state index in [1.54, 1.807) is 33.4 Å². The number of rotatable bonds is 4. The molecular formula is C21H19FN2O4S. The van der Waals surface area contributed by atoms with E-state index in [0.717, 1.165) is 21.8 Å². The summed E-state index contributed by atoms with van der Waals surface area (Å²) in [4.78, 5) is 27.8. The highest BCUT2D eigenvalue weighted by atomic mass is 32.1. The Kier molecular flexibility index (Phi) is 4.87. The fraction of sp³-hybridized carbons (Fsp3) is 0.238. The van der Waals surface area contributed by atoms with Crippen molar-refractivity contribution in [3.8, 4) is 11.5 Å². The van der Waals surface area contributed by atoms with Crippen molar-refractivity contribution in [2.45, 2.75) is 12.3 Å². The van der Waals surface area contributed by atoms with E-state index < -0.39 is 5.82 Å². The molecule has 29 heavy (non-hydrogen) atoms. The van der Waals surface area contributed by atoms with E-state index >= 15 is 0 Å². The van der Waals surface area contributed by atoms with E-state index in [4.69, 9.17) is 9.47 Å². The Morgan fingerprint density at radius 3 is 2.45 bits per heavy atom. The lowest BCUT2D eigenvalue weighted by atomic mass is 9.89. The summed E-state index contributed by atoms with van der Waals surface area (Å²) in [5.74, 6) is 0.826. The molecule has 1 atom stereocenters. The Balaban J connectivity index is 1.91. The van der Waals surface area contributed by atoms with Crippen molar-refractivity contribution in [3.63, 3.8) is 0 Å². The van der Waals surface area contributed by atoms with Gasteiger partial charge in [-0.1, -0.05) is 11.3 Å². The van der Waals surface area contributed by atoms with Crippen molar-refractivity contribution in [1.82, 2.24) is 4.57 Å². The first kappa shape index (κ1) is 19.2. The van der Waals surface area contributed by atoms with Gasteiger partial charge >= 0.3 is 4.87 Å². The maximum Gasteiger partial charge on any atom is 0.308 e. The molecule has 2 aromatic carbocycles. The van der Waals surface area contributed by atoms with Gasteiger partial charge in [-0.3, -0.25) is 19.1 Å². The molecule has 1 amide bonds. The Bertz CT molecular complexity index is 1140. The minimum absolute atomic E-state index is 0.147. The number of aromatic nitrogens is 1. The zero-order valence-corrected chi connectivity index (χ0v) is 17.0. The number of fused-ring (bicyclic) bond motifs is 1. The SMILES string of the molecule is COc1ccc(OC)c([C@H]2CC(=O)N(c3ccc(F)cc3)c3c2sc(=O)n3C)c1. The number of halogens is 1. The molecule has 1 aliphatic heterocycles. The average molecular weight is 414 g/mol. The van der Waals surface area contributed by atoms with Crippen molar-refractivity contribution in [2.24, 2.45) is 7.05 Å². The van der Waals surface area contributed by atoms with Crippen LogP contribution in [-0.2, 0) is 11.8 Å². The zero-order valence-electron chi connectivity index (χ0n) is 16.1. The zero-order chi connectivity index (χ0) is 20.7. The summed E-state index contributed by atoms with van der Waals surface area (Å²) in [5, 5.41) is 0. The van der Waals surface area contributed by atoms with Gasteiger partial charge in [0.05, 0.1) is 24.8 Å². The van der Waals surface area contributed by atoms with Crippen molar-refractivity contribution in [2.75, 3.05) is 19.1 Å². The number of methoxy groups -OCH3 is 2. The molecule has 0 bridgehead atoms. The number of thiazole rings is 1. The van der Waals surface area contributed by atoms with Gasteiger partial charge in [-0.15, -0.1) is 0 Å². The van der Waals surface area contributed by atoms with Gasteiger partial charge in [0.15, 0.2) is 0 Å². The topological polar surface area (TPSA) is 60.8 Å². The van der Waals surface area contributed by atoms with Crippen molar-refractivity contribution in [3.05, 3.63) is 68.4 Å².